The van der Waals surface area contributed by atoms with Gasteiger partial charge in [-0.3, -0.25) is 4.79 Å². The topological polar surface area (TPSA) is 46.1 Å². The molecule has 2 heterocycles. The maximum atomic E-state index is 12.1. The Morgan fingerprint density at radius 2 is 2.19 bits per heavy atom. The van der Waals surface area contributed by atoms with Crippen LogP contribution in [0.15, 0.2) is 12.1 Å². The van der Waals surface area contributed by atoms with Crippen molar-refractivity contribution in [2.45, 2.75) is 26.3 Å². The molecule has 1 aromatic rings. The van der Waals surface area contributed by atoms with Crippen molar-refractivity contribution >= 4 is 17.5 Å². The van der Waals surface area contributed by atoms with Gasteiger partial charge in [0.05, 0.1) is 0 Å². The fourth-order valence-electron chi connectivity index (χ4n) is 2.16. The molecule has 0 N–H and O–H groups in total. The van der Waals surface area contributed by atoms with Crippen LogP contribution in [0.3, 0.4) is 0 Å². The molecule has 0 saturated carbocycles. The molecule has 1 amide bonds. The molecule has 1 aromatic heterocycles. The van der Waals surface area contributed by atoms with Gasteiger partial charge in [0.2, 0.25) is 0 Å². The summed E-state index contributed by atoms with van der Waals surface area (Å²) in [5.74, 6) is 0.500. The first-order valence-electron chi connectivity index (χ1n) is 5.38. The number of hydrogen-bond donors (Lipinski definition) is 0. The second-order valence-corrected chi connectivity index (χ2v) is 4.78. The van der Waals surface area contributed by atoms with Crippen molar-refractivity contribution in [3.63, 3.8) is 0 Å². The van der Waals surface area contributed by atoms with E-state index in [0.717, 1.165) is 13.0 Å². The van der Waals surface area contributed by atoms with Crippen molar-refractivity contribution in [3.8, 4) is 0 Å². The molecule has 1 saturated heterocycles. The smallest absolute Gasteiger partial charge is 0.274 e. The van der Waals surface area contributed by atoms with Crippen molar-refractivity contribution in [3.05, 3.63) is 23.0 Å². The quantitative estimate of drug-likeness (QED) is 0.753. The molecule has 86 valence electrons. The van der Waals surface area contributed by atoms with Gasteiger partial charge in [-0.2, -0.15) is 0 Å². The summed E-state index contributed by atoms with van der Waals surface area (Å²) >= 11 is 5.63. The Labute approximate surface area is 99.6 Å². The predicted molar refractivity (Wildman–Crippen MR) is 61.3 cm³/mol. The number of hydrogen-bond acceptors (Lipinski definition) is 3. The Kier molecular flexibility index (Phi) is 3.10. The monoisotopic (exact) mass is 239 g/mol. The Morgan fingerprint density at radius 3 is 2.69 bits per heavy atom. The standard InChI is InChI=1S/C11H14ClN3O/c1-7-5-8(2)15(6-7)11(16)9-3-4-10(12)14-13-9/h3-4,7-8H,5-6H2,1-2H3. The van der Waals surface area contributed by atoms with Crippen molar-refractivity contribution < 1.29 is 4.79 Å². The molecule has 1 aliphatic heterocycles. The van der Waals surface area contributed by atoms with Crippen LogP contribution in [0, 0.1) is 5.92 Å². The number of nitrogens with zero attached hydrogens (tertiary/aromatic N) is 3. The molecule has 4 nitrogen and oxygen atoms in total. The zero-order valence-corrected chi connectivity index (χ0v) is 10.1. The molecular weight excluding hydrogens is 226 g/mol. The molecule has 16 heavy (non-hydrogen) atoms. The number of halogens is 1. The Balaban J connectivity index is 2.16. The Hall–Kier alpha value is -1.16. The van der Waals surface area contributed by atoms with Gasteiger partial charge in [-0.1, -0.05) is 18.5 Å². The van der Waals surface area contributed by atoms with Crippen LogP contribution < -0.4 is 0 Å². The van der Waals surface area contributed by atoms with Crippen LogP contribution in [0.2, 0.25) is 5.15 Å². The maximum absolute atomic E-state index is 12.1. The van der Waals surface area contributed by atoms with Gasteiger partial charge in [0, 0.05) is 12.6 Å². The van der Waals surface area contributed by atoms with Gasteiger partial charge in [-0.25, -0.2) is 0 Å². The lowest BCUT2D eigenvalue weighted by Gasteiger charge is -2.20. The third kappa shape index (κ3) is 2.16. The summed E-state index contributed by atoms with van der Waals surface area (Å²) in [5.41, 5.74) is 0.366. The van der Waals surface area contributed by atoms with Crippen LogP contribution in [-0.2, 0) is 0 Å². The number of amides is 1. The van der Waals surface area contributed by atoms with E-state index in [-0.39, 0.29) is 11.9 Å². The number of aromatic nitrogens is 2. The molecule has 5 heteroatoms. The van der Waals surface area contributed by atoms with E-state index < -0.39 is 0 Å². The van der Waals surface area contributed by atoms with Crippen molar-refractivity contribution in [1.82, 2.24) is 15.1 Å². The summed E-state index contributed by atoms with van der Waals surface area (Å²) in [6, 6.07) is 3.49. The first-order valence-corrected chi connectivity index (χ1v) is 5.76. The Bertz CT molecular complexity index is 393. The second-order valence-electron chi connectivity index (χ2n) is 4.39. The second kappa shape index (κ2) is 4.37. The fourth-order valence-corrected chi connectivity index (χ4v) is 2.26. The summed E-state index contributed by atoms with van der Waals surface area (Å²) in [7, 11) is 0. The summed E-state index contributed by atoms with van der Waals surface area (Å²) < 4.78 is 0. The molecule has 0 aliphatic carbocycles. The fraction of sp³-hybridized carbons (Fsp3) is 0.545. The van der Waals surface area contributed by atoms with Crippen LogP contribution in [0.4, 0.5) is 0 Å². The minimum absolute atomic E-state index is 0.0546. The Morgan fingerprint density at radius 1 is 1.44 bits per heavy atom. The van der Waals surface area contributed by atoms with Gasteiger partial charge in [-0.15, -0.1) is 10.2 Å². The highest BCUT2D eigenvalue weighted by atomic mass is 35.5. The van der Waals surface area contributed by atoms with Gasteiger partial charge in [0.1, 0.15) is 0 Å². The van der Waals surface area contributed by atoms with E-state index in [1.165, 1.54) is 0 Å². The molecule has 0 radical (unpaired) electrons. The normalized spacial score (nSPS) is 24.8. The van der Waals surface area contributed by atoms with Crippen molar-refractivity contribution in [2.24, 2.45) is 5.92 Å². The highest BCUT2D eigenvalue weighted by Gasteiger charge is 2.31. The molecule has 2 atom stereocenters. The van der Waals surface area contributed by atoms with Gasteiger partial charge < -0.3 is 4.90 Å². The van der Waals surface area contributed by atoms with Gasteiger partial charge in [0.15, 0.2) is 10.8 Å². The van der Waals surface area contributed by atoms with Crippen LogP contribution in [0.25, 0.3) is 0 Å². The summed E-state index contributed by atoms with van der Waals surface area (Å²) in [5, 5.41) is 7.80. The first kappa shape index (κ1) is 11.3. The third-order valence-electron chi connectivity index (χ3n) is 2.90. The highest BCUT2D eigenvalue weighted by molar-refractivity contribution is 6.29. The lowest BCUT2D eigenvalue weighted by Crippen LogP contribution is -2.34. The molecule has 0 aromatic carbocycles. The number of likely N-dealkylation sites (tertiary alicyclic amines) is 1. The summed E-state index contributed by atoms with van der Waals surface area (Å²) in [6.45, 7) is 5.01. The molecule has 2 unspecified atom stereocenters. The van der Waals surface area contributed by atoms with E-state index in [9.17, 15) is 4.79 Å². The maximum Gasteiger partial charge on any atom is 0.274 e. The zero-order chi connectivity index (χ0) is 11.7. The van der Waals surface area contributed by atoms with Gasteiger partial charge >= 0.3 is 0 Å². The lowest BCUT2D eigenvalue weighted by molar-refractivity contribution is 0.0736. The van der Waals surface area contributed by atoms with Gasteiger partial charge in [0.25, 0.3) is 5.91 Å². The average Bonchev–Trinajstić information content (AvgIpc) is 2.58. The van der Waals surface area contributed by atoms with E-state index >= 15 is 0 Å². The van der Waals surface area contributed by atoms with E-state index in [2.05, 4.69) is 24.0 Å². The molecule has 2 rings (SSSR count). The average molecular weight is 240 g/mol. The zero-order valence-electron chi connectivity index (χ0n) is 9.35. The molecular formula is C11H14ClN3O. The van der Waals surface area contributed by atoms with Crippen LogP contribution in [0.1, 0.15) is 30.8 Å². The minimum atomic E-state index is -0.0546. The van der Waals surface area contributed by atoms with Crippen molar-refractivity contribution in [2.75, 3.05) is 6.54 Å². The van der Waals surface area contributed by atoms with Crippen molar-refractivity contribution in [1.29, 1.82) is 0 Å². The summed E-state index contributed by atoms with van der Waals surface area (Å²) in [4.78, 5) is 13.9. The largest absolute Gasteiger partial charge is 0.334 e. The first-order chi connectivity index (χ1) is 7.58. The van der Waals surface area contributed by atoms with E-state index in [4.69, 9.17) is 11.6 Å². The number of carbonyl (C=O) groups is 1. The van der Waals surface area contributed by atoms with E-state index in [1.54, 1.807) is 12.1 Å². The van der Waals surface area contributed by atoms with E-state index in [0.29, 0.717) is 16.8 Å². The number of rotatable bonds is 1. The predicted octanol–water partition coefficient (Wildman–Crippen LogP) is 2.00. The SMILES string of the molecule is CC1CC(C)N(C(=O)c2ccc(Cl)nn2)C1. The highest BCUT2D eigenvalue weighted by Crippen LogP contribution is 2.23. The van der Waals surface area contributed by atoms with Crippen LogP contribution >= 0.6 is 11.6 Å². The molecule has 1 aliphatic rings. The molecule has 0 spiro atoms. The molecule has 0 bridgehead atoms. The third-order valence-corrected chi connectivity index (χ3v) is 3.10. The molecule has 1 fully saturated rings. The van der Waals surface area contributed by atoms with E-state index in [1.807, 2.05) is 4.90 Å². The van der Waals surface area contributed by atoms with Gasteiger partial charge in [-0.05, 0) is 31.4 Å². The lowest BCUT2D eigenvalue weighted by atomic mass is 10.1. The van der Waals surface area contributed by atoms with Crippen LogP contribution in [0.5, 0.6) is 0 Å². The summed E-state index contributed by atoms with van der Waals surface area (Å²) in [6.07, 6.45) is 1.05. The van der Waals surface area contributed by atoms with Crippen LogP contribution in [-0.4, -0.2) is 33.6 Å². The number of carbonyl (C=O) groups excluding carboxylic acids is 1. The minimum Gasteiger partial charge on any atom is -0.334 e.